The Morgan fingerprint density at radius 3 is 2.59 bits per heavy atom. The van der Waals surface area contributed by atoms with Crippen molar-refractivity contribution in [3.05, 3.63) is 28.2 Å². The van der Waals surface area contributed by atoms with Gasteiger partial charge in [0.15, 0.2) is 0 Å². The molecule has 0 heterocycles. The van der Waals surface area contributed by atoms with Gasteiger partial charge in [-0.25, -0.2) is 0 Å². The third-order valence-corrected chi connectivity index (χ3v) is 3.95. The second-order valence-corrected chi connectivity index (χ2v) is 5.33. The number of ether oxygens (including phenoxy) is 1. The van der Waals surface area contributed by atoms with E-state index in [9.17, 15) is 0 Å². The topological polar surface area (TPSA) is 21.3 Å². The van der Waals surface area contributed by atoms with E-state index in [2.05, 4.69) is 41.2 Å². The molecule has 0 aromatic heterocycles. The highest BCUT2D eigenvalue weighted by Crippen LogP contribution is 2.31. The maximum Gasteiger partial charge on any atom is 0.120 e. The highest BCUT2D eigenvalue weighted by Gasteiger charge is 2.15. The van der Waals surface area contributed by atoms with Gasteiger partial charge in [-0.05, 0) is 37.1 Å². The van der Waals surface area contributed by atoms with E-state index in [1.165, 1.54) is 12.0 Å². The molecular weight excluding hydrogens is 278 g/mol. The van der Waals surface area contributed by atoms with Crippen LogP contribution in [0.3, 0.4) is 0 Å². The minimum Gasteiger partial charge on any atom is -0.497 e. The molecule has 3 heteroatoms. The molecule has 1 N–H and O–H groups in total. The lowest BCUT2D eigenvalue weighted by Crippen LogP contribution is -2.19. The van der Waals surface area contributed by atoms with E-state index < -0.39 is 0 Å². The van der Waals surface area contributed by atoms with Crippen LogP contribution >= 0.6 is 15.9 Å². The van der Waals surface area contributed by atoms with Crippen LogP contribution in [0.4, 0.5) is 0 Å². The maximum atomic E-state index is 5.22. The first-order chi connectivity index (χ1) is 8.12. The Morgan fingerprint density at radius 2 is 2.12 bits per heavy atom. The van der Waals surface area contributed by atoms with Crippen molar-refractivity contribution >= 4 is 15.9 Å². The molecule has 2 atom stereocenters. The summed E-state index contributed by atoms with van der Waals surface area (Å²) in [6.07, 6.45) is 2.36. The molecule has 1 rings (SSSR count). The van der Waals surface area contributed by atoms with Crippen LogP contribution in [0.1, 0.15) is 38.3 Å². The molecule has 0 fully saturated rings. The Kier molecular flexibility index (Phi) is 6.00. The van der Waals surface area contributed by atoms with Crippen LogP contribution in [-0.4, -0.2) is 14.2 Å². The molecule has 1 aromatic carbocycles. The van der Waals surface area contributed by atoms with Gasteiger partial charge < -0.3 is 10.1 Å². The van der Waals surface area contributed by atoms with E-state index in [1.807, 2.05) is 19.2 Å². The lowest BCUT2D eigenvalue weighted by atomic mass is 9.94. The average Bonchev–Trinajstić information content (AvgIpc) is 2.35. The largest absolute Gasteiger partial charge is 0.497 e. The van der Waals surface area contributed by atoms with Gasteiger partial charge in [0.25, 0.3) is 0 Å². The van der Waals surface area contributed by atoms with E-state index >= 15 is 0 Å². The van der Waals surface area contributed by atoms with Crippen molar-refractivity contribution in [2.75, 3.05) is 14.2 Å². The van der Waals surface area contributed by atoms with Gasteiger partial charge >= 0.3 is 0 Å². The zero-order chi connectivity index (χ0) is 12.8. The van der Waals surface area contributed by atoms with Gasteiger partial charge in [0.05, 0.1) is 7.11 Å². The second kappa shape index (κ2) is 7.02. The molecule has 0 bridgehead atoms. The van der Waals surface area contributed by atoms with Crippen LogP contribution in [-0.2, 0) is 0 Å². The SMILES string of the molecule is CCC(C)CC(NC)c1ccc(OC)cc1Br. The molecule has 0 aliphatic heterocycles. The fourth-order valence-electron chi connectivity index (χ4n) is 1.89. The van der Waals surface area contributed by atoms with Crippen LogP contribution < -0.4 is 10.1 Å². The fraction of sp³-hybridized carbons (Fsp3) is 0.571. The third kappa shape index (κ3) is 4.00. The van der Waals surface area contributed by atoms with Gasteiger partial charge in [-0.15, -0.1) is 0 Å². The maximum absolute atomic E-state index is 5.22. The Hall–Kier alpha value is -0.540. The molecule has 0 aliphatic rings. The number of nitrogens with one attached hydrogen (secondary N) is 1. The van der Waals surface area contributed by atoms with Crippen molar-refractivity contribution in [2.45, 2.75) is 32.7 Å². The van der Waals surface area contributed by atoms with E-state index in [-0.39, 0.29) is 0 Å². The van der Waals surface area contributed by atoms with Crippen LogP contribution in [0.2, 0.25) is 0 Å². The van der Waals surface area contributed by atoms with Gasteiger partial charge in [-0.2, -0.15) is 0 Å². The summed E-state index contributed by atoms with van der Waals surface area (Å²) in [5.74, 6) is 1.61. The molecule has 96 valence electrons. The quantitative estimate of drug-likeness (QED) is 0.852. The summed E-state index contributed by atoms with van der Waals surface area (Å²) < 4.78 is 6.33. The summed E-state index contributed by atoms with van der Waals surface area (Å²) in [6, 6.07) is 6.56. The molecule has 0 radical (unpaired) electrons. The first kappa shape index (κ1) is 14.5. The predicted octanol–water partition coefficient (Wildman–Crippen LogP) is 4.15. The first-order valence-electron chi connectivity index (χ1n) is 6.13. The molecule has 0 aliphatic carbocycles. The van der Waals surface area contributed by atoms with Crippen molar-refractivity contribution in [2.24, 2.45) is 5.92 Å². The monoisotopic (exact) mass is 299 g/mol. The molecule has 17 heavy (non-hydrogen) atoms. The summed E-state index contributed by atoms with van der Waals surface area (Å²) in [6.45, 7) is 4.53. The highest BCUT2D eigenvalue weighted by molar-refractivity contribution is 9.10. The van der Waals surface area contributed by atoms with Gasteiger partial charge in [0.1, 0.15) is 5.75 Å². The number of rotatable bonds is 6. The lowest BCUT2D eigenvalue weighted by molar-refractivity contribution is 0.410. The number of hydrogen-bond donors (Lipinski definition) is 1. The third-order valence-electron chi connectivity index (χ3n) is 3.27. The molecular formula is C14H22BrNO. The number of benzene rings is 1. The van der Waals surface area contributed by atoms with Crippen molar-refractivity contribution in [1.82, 2.24) is 5.32 Å². The van der Waals surface area contributed by atoms with E-state index in [0.29, 0.717) is 6.04 Å². The standard InChI is InChI=1S/C14H22BrNO/c1-5-10(2)8-14(16-3)12-7-6-11(17-4)9-13(12)15/h6-7,9-10,14,16H,5,8H2,1-4H3. The number of methoxy groups -OCH3 is 1. The summed E-state index contributed by atoms with van der Waals surface area (Å²) in [5, 5.41) is 3.39. The average molecular weight is 300 g/mol. The second-order valence-electron chi connectivity index (χ2n) is 4.48. The molecule has 2 unspecified atom stereocenters. The van der Waals surface area contributed by atoms with E-state index in [1.54, 1.807) is 7.11 Å². The molecule has 0 saturated heterocycles. The summed E-state index contributed by atoms with van der Waals surface area (Å²) in [4.78, 5) is 0. The first-order valence-corrected chi connectivity index (χ1v) is 6.92. The smallest absolute Gasteiger partial charge is 0.120 e. The zero-order valence-electron chi connectivity index (χ0n) is 11.1. The lowest BCUT2D eigenvalue weighted by Gasteiger charge is -2.21. The van der Waals surface area contributed by atoms with E-state index in [0.717, 1.165) is 22.6 Å². The Bertz CT molecular complexity index is 354. The minimum atomic E-state index is 0.394. The molecule has 1 aromatic rings. The van der Waals surface area contributed by atoms with Crippen LogP contribution in [0.15, 0.2) is 22.7 Å². The van der Waals surface area contributed by atoms with Crippen molar-refractivity contribution in [1.29, 1.82) is 0 Å². The fourth-order valence-corrected chi connectivity index (χ4v) is 2.52. The predicted molar refractivity (Wildman–Crippen MR) is 76.6 cm³/mol. The molecule has 2 nitrogen and oxygen atoms in total. The van der Waals surface area contributed by atoms with Gasteiger partial charge in [-0.3, -0.25) is 0 Å². The molecule has 0 saturated carbocycles. The zero-order valence-corrected chi connectivity index (χ0v) is 12.7. The van der Waals surface area contributed by atoms with Gasteiger partial charge in [-0.1, -0.05) is 42.3 Å². The van der Waals surface area contributed by atoms with Crippen LogP contribution in [0.25, 0.3) is 0 Å². The van der Waals surface area contributed by atoms with Gasteiger partial charge in [0, 0.05) is 10.5 Å². The number of hydrogen-bond acceptors (Lipinski definition) is 2. The van der Waals surface area contributed by atoms with Gasteiger partial charge in [0.2, 0.25) is 0 Å². The van der Waals surface area contributed by atoms with Crippen LogP contribution in [0, 0.1) is 5.92 Å². The summed E-state index contributed by atoms with van der Waals surface area (Å²) in [7, 11) is 3.71. The Labute approximate surface area is 113 Å². The Morgan fingerprint density at radius 1 is 1.41 bits per heavy atom. The van der Waals surface area contributed by atoms with Crippen molar-refractivity contribution < 1.29 is 4.74 Å². The van der Waals surface area contributed by atoms with E-state index in [4.69, 9.17) is 4.74 Å². The normalized spacial score (nSPS) is 14.4. The number of halogens is 1. The van der Waals surface area contributed by atoms with Crippen molar-refractivity contribution in [3.63, 3.8) is 0 Å². The molecule has 0 amide bonds. The summed E-state index contributed by atoms with van der Waals surface area (Å²) >= 11 is 3.62. The summed E-state index contributed by atoms with van der Waals surface area (Å²) in [5.41, 5.74) is 1.30. The highest BCUT2D eigenvalue weighted by atomic mass is 79.9. The molecule has 0 spiro atoms. The Balaban J connectivity index is 2.88. The van der Waals surface area contributed by atoms with Crippen molar-refractivity contribution in [3.8, 4) is 5.75 Å². The minimum absolute atomic E-state index is 0.394. The van der Waals surface area contributed by atoms with Crippen LogP contribution in [0.5, 0.6) is 5.75 Å².